The Balaban J connectivity index is 2.10. The van der Waals surface area contributed by atoms with Crippen LogP contribution >= 0.6 is 0 Å². The molecule has 2 heterocycles. The Morgan fingerprint density at radius 1 is 1.19 bits per heavy atom. The highest BCUT2D eigenvalue weighted by Crippen LogP contribution is 2.29. The molecule has 0 spiro atoms. The molecule has 0 radical (unpaired) electrons. The summed E-state index contributed by atoms with van der Waals surface area (Å²) in [7, 11) is -3.38. The first-order chi connectivity index (χ1) is 12.4. The largest absolute Gasteiger partial charge is 0.458 e. The normalized spacial score (nSPS) is 12.1. The van der Waals surface area contributed by atoms with E-state index in [-0.39, 0.29) is 6.61 Å². The molecule has 26 heavy (non-hydrogen) atoms. The Morgan fingerprint density at radius 3 is 2.73 bits per heavy atom. The first kappa shape index (κ1) is 18.0. The van der Waals surface area contributed by atoms with E-state index in [9.17, 15) is 13.2 Å². The minimum atomic E-state index is -3.38. The van der Waals surface area contributed by atoms with Gasteiger partial charge in [-0.2, -0.15) is 0 Å². The molecule has 1 N–H and O–H groups in total. The van der Waals surface area contributed by atoms with Crippen LogP contribution in [0.4, 0.5) is 5.69 Å². The van der Waals surface area contributed by atoms with Crippen LogP contribution in [0, 0.1) is 0 Å². The van der Waals surface area contributed by atoms with Crippen LogP contribution in [-0.2, 0) is 14.8 Å². The van der Waals surface area contributed by atoms with E-state index in [1.165, 1.54) is 0 Å². The predicted octanol–water partition coefficient (Wildman–Crippen LogP) is 3.59. The zero-order valence-electron chi connectivity index (χ0n) is 14.6. The van der Waals surface area contributed by atoms with Gasteiger partial charge in [-0.3, -0.25) is 4.72 Å². The number of nitrogens with one attached hydrogen (secondary N) is 1. The summed E-state index contributed by atoms with van der Waals surface area (Å²) in [6.45, 7) is 2.22. The quantitative estimate of drug-likeness (QED) is 0.530. The third-order valence-corrected chi connectivity index (χ3v) is 4.47. The summed E-state index contributed by atoms with van der Waals surface area (Å²) < 4.78 is 32.6. The second-order valence-electron chi connectivity index (χ2n) is 5.92. The maximum Gasteiger partial charge on any atom is 0.341 e. The van der Waals surface area contributed by atoms with Crippen LogP contribution in [0.5, 0.6) is 0 Å². The van der Waals surface area contributed by atoms with Crippen molar-refractivity contribution in [1.82, 2.24) is 4.40 Å². The second-order valence-corrected chi connectivity index (χ2v) is 7.66. The summed E-state index contributed by atoms with van der Waals surface area (Å²) >= 11 is 0. The number of carbonyl (C=O) groups excluding carboxylic acids is 1. The first-order valence-corrected chi connectivity index (χ1v) is 10.1. The number of hydrogen-bond acceptors (Lipinski definition) is 4. The fourth-order valence-electron chi connectivity index (χ4n) is 2.86. The lowest BCUT2D eigenvalue weighted by Crippen LogP contribution is -2.09. The smallest absolute Gasteiger partial charge is 0.341 e. The molecule has 0 bridgehead atoms. The standard InChI is InChI=1S/C19H20N2O4S/c1-3-4-7-12-25-19(22)18-15-10-9-14(20-26(2,23)24)13-17(15)21-11-6-5-8-16(18)21/h4-11,13,20H,3,12H2,1-2H3. The molecule has 0 unspecified atom stereocenters. The molecule has 1 aromatic carbocycles. The summed E-state index contributed by atoms with van der Waals surface area (Å²) in [5.41, 5.74) is 2.35. The highest BCUT2D eigenvalue weighted by atomic mass is 32.2. The number of benzene rings is 1. The van der Waals surface area contributed by atoms with Gasteiger partial charge in [0.15, 0.2) is 0 Å². The fourth-order valence-corrected chi connectivity index (χ4v) is 3.42. The number of hydrogen-bond donors (Lipinski definition) is 1. The molecule has 0 aliphatic rings. The van der Waals surface area contributed by atoms with Crippen LogP contribution in [-0.4, -0.2) is 31.7 Å². The minimum absolute atomic E-state index is 0.214. The Kier molecular flexibility index (Phi) is 4.99. The van der Waals surface area contributed by atoms with E-state index in [0.29, 0.717) is 22.2 Å². The van der Waals surface area contributed by atoms with E-state index >= 15 is 0 Å². The average Bonchev–Trinajstić information content (AvgIpc) is 2.91. The van der Waals surface area contributed by atoms with Crippen LogP contribution in [0.3, 0.4) is 0 Å². The SMILES string of the molecule is CCC=CCOC(=O)c1c2ccc(NS(C)(=O)=O)cc2n2ccccc12. The molecule has 3 rings (SSSR count). The van der Waals surface area contributed by atoms with E-state index in [0.717, 1.165) is 18.2 Å². The van der Waals surface area contributed by atoms with E-state index in [1.807, 2.05) is 47.9 Å². The van der Waals surface area contributed by atoms with Gasteiger partial charge in [-0.05, 0) is 36.8 Å². The molecule has 136 valence electrons. The Morgan fingerprint density at radius 2 is 2.00 bits per heavy atom. The lowest BCUT2D eigenvalue weighted by atomic mass is 10.1. The number of ether oxygens (including phenoxy) is 1. The maximum atomic E-state index is 12.6. The summed E-state index contributed by atoms with van der Waals surface area (Å²) in [5, 5.41) is 0.708. The van der Waals surface area contributed by atoms with Gasteiger partial charge in [-0.25, -0.2) is 13.2 Å². The average molecular weight is 372 g/mol. The molecule has 0 atom stereocenters. The summed E-state index contributed by atoms with van der Waals surface area (Å²) in [4.78, 5) is 12.6. The maximum absolute atomic E-state index is 12.6. The van der Waals surface area contributed by atoms with Crippen LogP contribution in [0.25, 0.3) is 16.4 Å². The Hall–Kier alpha value is -2.80. The molecule has 0 fully saturated rings. The topological polar surface area (TPSA) is 76.9 Å². The number of nitrogens with zero attached hydrogens (tertiary/aromatic N) is 1. The Labute approximate surface area is 152 Å². The molecule has 0 amide bonds. The monoisotopic (exact) mass is 372 g/mol. The number of sulfonamides is 1. The Bertz CT molecular complexity index is 1100. The van der Waals surface area contributed by atoms with Crippen molar-refractivity contribution in [1.29, 1.82) is 0 Å². The number of fused-ring (bicyclic) bond motifs is 3. The summed E-state index contributed by atoms with van der Waals surface area (Å²) in [5.74, 6) is -0.409. The van der Waals surface area contributed by atoms with Crippen LogP contribution in [0.15, 0.2) is 54.7 Å². The van der Waals surface area contributed by atoms with Gasteiger partial charge in [-0.15, -0.1) is 0 Å². The molecule has 6 nitrogen and oxygen atoms in total. The number of pyridine rings is 1. The van der Waals surface area contributed by atoms with Crippen LogP contribution in [0.1, 0.15) is 23.7 Å². The highest BCUT2D eigenvalue weighted by Gasteiger charge is 2.19. The summed E-state index contributed by atoms with van der Waals surface area (Å²) in [6, 6.07) is 10.6. The molecule has 0 aliphatic carbocycles. The number of esters is 1. The van der Waals surface area contributed by atoms with Gasteiger partial charge in [0.05, 0.1) is 28.5 Å². The molecule has 0 saturated heterocycles. The van der Waals surface area contributed by atoms with E-state index in [2.05, 4.69) is 4.72 Å². The predicted molar refractivity (Wildman–Crippen MR) is 103 cm³/mol. The third kappa shape index (κ3) is 3.72. The lowest BCUT2D eigenvalue weighted by Gasteiger charge is -2.04. The van der Waals surface area contributed by atoms with Gasteiger partial charge in [0.1, 0.15) is 6.61 Å². The van der Waals surface area contributed by atoms with E-state index in [4.69, 9.17) is 4.74 Å². The van der Waals surface area contributed by atoms with E-state index < -0.39 is 16.0 Å². The van der Waals surface area contributed by atoms with Crippen molar-refractivity contribution in [2.24, 2.45) is 0 Å². The third-order valence-electron chi connectivity index (χ3n) is 3.86. The minimum Gasteiger partial charge on any atom is -0.458 e. The second kappa shape index (κ2) is 7.21. The van der Waals surface area contributed by atoms with Gasteiger partial charge in [0.25, 0.3) is 0 Å². The van der Waals surface area contributed by atoms with Gasteiger partial charge in [0.2, 0.25) is 10.0 Å². The van der Waals surface area contributed by atoms with Crippen molar-refractivity contribution in [3.8, 4) is 0 Å². The molecule has 0 aliphatic heterocycles. The van der Waals surface area contributed by atoms with Crippen molar-refractivity contribution in [2.45, 2.75) is 13.3 Å². The zero-order valence-corrected chi connectivity index (χ0v) is 15.4. The van der Waals surface area contributed by atoms with Gasteiger partial charge in [0, 0.05) is 11.6 Å². The highest BCUT2D eigenvalue weighted by molar-refractivity contribution is 7.92. The number of carbonyl (C=O) groups is 1. The van der Waals surface area contributed by atoms with Crippen molar-refractivity contribution >= 4 is 38.1 Å². The fraction of sp³-hybridized carbons (Fsp3) is 0.211. The van der Waals surface area contributed by atoms with Crippen LogP contribution < -0.4 is 4.72 Å². The number of allylic oxidation sites excluding steroid dienone is 1. The first-order valence-electron chi connectivity index (χ1n) is 8.23. The lowest BCUT2D eigenvalue weighted by molar-refractivity contribution is 0.0554. The van der Waals surface area contributed by atoms with Crippen molar-refractivity contribution in [2.75, 3.05) is 17.6 Å². The van der Waals surface area contributed by atoms with Gasteiger partial charge in [-0.1, -0.05) is 25.1 Å². The number of aromatic nitrogens is 1. The molecular weight excluding hydrogens is 352 g/mol. The van der Waals surface area contributed by atoms with Crippen molar-refractivity contribution < 1.29 is 17.9 Å². The van der Waals surface area contributed by atoms with Gasteiger partial charge < -0.3 is 9.14 Å². The van der Waals surface area contributed by atoms with Crippen molar-refractivity contribution in [3.63, 3.8) is 0 Å². The molecular formula is C19H20N2O4S. The summed E-state index contributed by atoms with van der Waals surface area (Å²) in [6.07, 6.45) is 7.56. The zero-order chi connectivity index (χ0) is 18.7. The molecule has 0 saturated carbocycles. The number of rotatable bonds is 6. The van der Waals surface area contributed by atoms with E-state index in [1.54, 1.807) is 18.2 Å². The van der Waals surface area contributed by atoms with Gasteiger partial charge >= 0.3 is 5.97 Å². The molecule has 2 aromatic heterocycles. The molecule has 3 aromatic rings. The molecule has 7 heteroatoms. The van der Waals surface area contributed by atoms with Crippen molar-refractivity contribution in [3.05, 3.63) is 60.3 Å². The van der Waals surface area contributed by atoms with Crippen LogP contribution in [0.2, 0.25) is 0 Å². The number of anilines is 1.